The maximum Gasteiger partial charge on any atom is 0.00954 e. The largest absolute Gasteiger partial charge is 0.330 e. The highest BCUT2D eigenvalue weighted by Gasteiger charge is 2.36. The Balaban J connectivity index is 1.94. The number of nitrogens with zero attached hydrogens (tertiary/aromatic N) is 1. The van der Waals surface area contributed by atoms with Gasteiger partial charge in [-0.3, -0.25) is 4.90 Å². The van der Waals surface area contributed by atoms with Crippen LogP contribution >= 0.6 is 0 Å². The van der Waals surface area contributed by atoms with Gasteiger partial charge in [-0.05, 0) is 50.6 Å². The Morgan fingerprint density at radius 3 is 2.59 bits per heavy atom. The molecular weight excluding hydrogens is 208 g/mol. The summed E-state index contributed by atoms with van der Waals surface area (Å²) in [4.78, 5) is 2.78. The Morgan fingerprint density at radius 2 is 1.94 bits per heavy atom. The van der Waals surface area contributed by atoms with Crippen molar-refractivity contribution < 1.29 is 0 Å². The molecule has 0 bridgehead atoms. The number of rotatable bonds is 5. The topological polar surface area (TPSA) is 29.3 Å². The molecule has 17 heavy (non-hydrogen) atoms. The highest BCUT2D eigenvalue weighted by Crippen LogP contribution is 2.39. The Kier molecular flexibility index (Phi) is 4.87. The molecule has 0 spiro atoms. The van der Waals surface area contributed by atoms with Crippen molar-refractivity contribution in [2.24, 2.45) is 11.1 Å². The molecular formula is C15H30N2. The molecule has 100 valence electrons. The summed E-state index contributed by atoms with van der Waals surface area (Å²) < 4.78 is 0. The van der Waals surface area contributed by atoms with Crippen molar-refractivity contribution in [1.82, 2.24) is 4.90 Å². The summed E-state index contributed by atoms with van der Waals surface area (Å²) in [6.07, 6.45) is 12.5. The zero-order valence-corrected chi connectivity index (χ0v) is 11.6. The second-order valence-corrected chi connectivity index (χ2v) is 6.32. The molecule has 0 aromatic carbocycles. The first kappa shape index (κ1) is 13.4. The van der Waals surface area contributed by atoms with E-state index < -0.39 is 0 Å². The van der Waals surface area contributed by atoms with Crippen LogP contribution in [0.15, 0.2) is 0 Å². The molecule has 0 amide bonds. The lowest BCUT2D eigenvalue weighted by Gasteiger charge is -2.41. The minimum absolute atomic E-state index is 0.476. The van der Waals surface area contributed by atoms with Crippen molar-refractivity contribution in [3.05, 3.63) is 0 Å². The second kappa shape index (κ2) is 6.19. The third kappa shape index (κ3) is 3.23. The minimum atomic E-state index is 0.476. The van der Waals surface area contributed by atoms with Crippen molar-refractivity contribution in [1.29, 1.82) is 0 Å². The molecule has 1 saturated heterocycles. The van der Waals surface area contributed by atoms with Gasteiger partial charge < -0.3 is 5.73 Å². The van der Waals surface area contributed by atoms with E-state index in [1.54, 1.807) is 0 Å². The van der Waals surface area contributed by atoms with Gasteiger partial charge in [-0.2, -0.15) is 0 Å². The van der Waals surface area contributed by atoms with Gasteiger partial charge >= 0.3 is 0 Å². The number of hydrogen-bond donors (Lipinski definition) is 1. The summed E-state index contributed by atoms with van der Waals surface area (Å²) in [5.74, 6) is 0. The van der Waals surface area contributed by atoms with E-state index in [9.17, 15) is 0 Å². The molecule has 0 radical (unpaired) electrons. The van der Waals surface area contributed by atoms with Gasteiger partial charge in [0.1, 0.15) is 0 Å². The fourth-order valence-corrected chi connectivity index (χ4v) is 3.91. The summed E-state index contributed by atoms with van der Waals surface area (Å²) in [5.41, 5.74) is 6.55. The van der Waals surface area contributed by atoms with Crippen molar-refractivity contribution in [2.45, 2.75) is 70.8 Å². The molecule has 1 atom stereocenters. The molecule has 2 heteroatoms. The van der Waals surface area contributed by atoms with Crippen LogP contribution in [0, 0.1) is 5.41 Å². The van der Waals surface area contributed by atoms with Crippen LogP contribution in [0.25, 0.3) is 0 Å². The first-order chi connectivity index (χ1) is 8.29. The molecule has 2 fully saturated rings. The molecule has 2 N–H and O–H groups in total. The molecule has 2 aliphatic rings. The molecule has 0 aromatic rings. The van der Waals surface area contributed by atoms with Crippen LogP contribution in [0.3, 0.4) is 0 Å². The predicted molar refractivity (Wildman–Crippen MR) is 74.1 cm³/mol. The molecule has 2 nitrogen and oxygen atoms in total. The lowest BCUT2D eigenvalue weighted by Crippen LogP contribution is -2.47. The van der Waals surface area contributed by atoms with E-state index in [1.165, 1.54) is 70.9 Å². The standard InChI is InChI=1S/C15H30N2/c1-2-7-14-8-3-6-11-17(14)13-15(12-16)9-4-5-10-15/h14H,2-13,16H2,1H3. The van der Waals surface area contributed by atoms with E-state index in [0.717, 1.165) is 12.6 Å². The summed E-state index contributed by atoms with van der Waals surface area (Å²) in [7, 11) is 0. The number of likely N-dealkylation sites (tertiary alicyclic amines) is 1. The van der Waals surface area contributed by atoms with Gasteiger partial charge in [-0.1, -0.05) is 32.6 Å². The van der Waals surface area contributed by atoms with Crippen LogP contribution in [0.5, 0.6) is 0 Å². The Labute approximate surface area is 107 Å². The SMILES string of the molecule is CCCC1CCCCN1CC1(CN)CCCC1. The van der Waals surface area contributed by atoms with Gasteiger partial charge in [0, 0.05) is 12.6 Å². The lowest BCUT2D eigenvalue weighted by atomic mass is 9.84. The zero-order valence-electron chi connectivity index (χ0n) is 11.6. The van der Waals surface area contributed by atoms with Crippen molar-refractivity contribution >= 4 is 0 Å². The van der Waals surface area contributed by atoms with E-state index in [2.05, 4.69) is 11.8 Å². The van der Waals surface area contributed by atoms with E-state index in [-0.39, 0.29) is 0 Å². The fourth-order valence-electron chi connectivity index (χ4n) is 3.91. The number of piperidine rings is 1. The van der Waals surface area contributed by atoms with Crippen LogP contribution in [0.2, 0.25) is 0 Å². The third-order valence-electron chi connectivity index (χ3n) is 5.01. The van der Waals surface area contributed by atoms with Crippen LogP contribution in [-0.2, 0) is 0 Å². The van der Waals surface area contributed by atoms with E-state index in [0.29, 0.717) is 5.41 Å². The van der Waals surface area contributed by atoms with Crippen molar-refractivity contribution in [3.8, 4) is 0 Å². The monoisotopic (exact) mass is 238 g/mol. The van der Waals surface area contributed by atoms with Crippen molar-refractivity contribution in [2.75, 3.05) is 19.6 Å². The lowest BCUT2D eigenvalue weighted by molar-refractivity contribution is 0.0805. The fraction of sp³-hybridized carbons (Fsp3) is 1.00. The molecule has 0 aromatic heterocycles. The van der Waals surface area contributed by atoms with Gasteiger partial charge in [0.2, 0.25) is 0 Å². The van der Waals surface area contributed by atoms with Gasteiger partial charge in [0.15, 0.2) is 0 Å². The molecule has 1 heterocycles. The highest BCUT2D eigenvalue weighted by atomic mass is 15.2. The average Bonchev–Trinajstić information content (AvgIpc) is 2.81. The third-order valence-corrected chi connectivity index (χ3v) is 5.01. The van der Waals surface area contributed by atoms with Crippen LogP contribution in [-0.4, -0.2) is 30.6 Å². The Bertz CT molecular complexity index is 219. The highest BCUT2D eigenvalue weighted by molar-refractivity contribution is 4.91. The molecule has 1 saturated carbocycles. The average molecular weight is 238 g/mol. The zero-order chi connectivity index (χ0) is 12.1. The van der Waals surface area contributed by atoms with Gasteiger partial charge in [0.05, 0.1) is 0 Å². The maximum absolute atomic E-state index is 6.08. The van der Waals surface area contributed by atoms with Crippen LogP contribution < -0.4 is 5.73 Å². The Morgan fingerprint density at radius 1 is 1.18 bits per heavy atom. The predicted octanol–water partition coefficient (Wildman–Crippen LogP) is 3.16. The van der Waals surface area contributed by atoms with Gasteiger partial charge in [0.25, 0.3) is 0 Å². The maximum atomic E-state index is 6.08. The first-order valence-electron chi connectivity index (χ1n) is 7.74. The smallest absolute Gasteiger partial charge is 0.00954 e. The van der Waals surface area contributed by atoms with Crippen LogP contribution in [0.1, 0.15) is 64.7 Å². The second-order valence-electron chi connectivity index (χ2n) is 6.32. The summed E-state index contributed by atoms with van der Waals surface area (Å²) in [6, 6.07) is 0.859. The quantitative estimate of drug-likeness (QED) is 0.797. The van der Waals surface area contributed by atoms with Gasteiger partial charge in [-0.15, -0.1) is 0 Å². The summed E-state index contributed by atoms with van der Waals surface area (Å²) in [6.45, 7) is 5.84. The summed E-state index contributed by atoms with van der Waals surface area (Å²) >= 11 is 0. The van der Waals surface area contributed by atoms with Gasteiger partial charge in [-0.25, -0.2) is 0 Å². The first-order valence-corrected chi connectivity index (χ1v) is 7.74. The molecule has 1 aliphatic carbocycles. The van der Waals surface area contributed by atoms with Crippen LogP contribution in [0.4, 0.5) is 0 Å². The number of nitrogens with two attached hydrogens (primary N) is 1. The molecule has 2 rings (SSSR count). The van der Waals surface area contributed by atoms with E-state index in [1.807, 2.05) is 0 Å². The summed E-state index contributed by atoms with van der Waals surface area (Å²) in [5, 5.41) is 0. The van der Waals surface area contributed by atoms with E-state index in [4.69, 9.17) is 5.73 Å². The normalized spacial score (nSPS) is 29.6. The minimum Gasteiger partial charge on any atom is -0.330 e. The molecule has 1 aliphatic heterocycles. The van der Waals surface area contributed by atoms with Crippen molar-refractivity contribution in [3.63, 3.8) is 0 Å². The number of hydrogen-bond acceptors (Lipinski definition) is 2. The Hall–Kier alpha value is -0.0800. The van der Waals surface area contributed by atoms with E-state index >= 15 is 0 Å². The molecule has 1 unspecified atom stereocenters.